The predicted octanol–water partition coefficient (Wildman–Crippen LogP) is 2.24. The van der Waals surface area contributed by atoms with Gasteiger partial charge in [0, 0.05) is 6.20 Å². The molecule has 25 heavy (non-hydrogen) atoms. The van der Waals surface area contributed by atoms with Crippen LogP contribution in [0, 0.1) is 6.92 Å². The molecular formula is C17H17N7O. The molecule has 0 amide bonds. The molecule has 0 unspecified atom stereocenters. The van der Waals surface area contributed by atoms with Crippen LogP contribution in [0.2, 0.25) is 0 Å². The second-order valence-electron chi connectivity index (χ2n) is 5.54. The van der Waals surface area contributed by atoms with Crippen molar-refractivity contribution in [3.63, 3.8) is 0 Å². The van der Waals surface area contributed by atoms with Gasteiger partial charge < -0.3 is 10.1 Å². The van der Waals surface area contributed by atoms with E-state index in [0.29, 0.717) is 6.54 Å². The molecular weight excluding hydrogens is 318 g/mol. The SMILES string of the molecule is COc1ccc(-n2ccc(CNc3ccc4nnc(C)n4n3)n2)cc1. The van der Waals surface area contributed by atoms with Crippen molar-refractivity contribution in [1.82, 2.24) is 29.6 Å². The van der Waals surface area contributed by atoms with Gasteiger partial charge in [-0.15, -0.1) is 15.3 Å². The third-order valence-corrected chi connectivity index (χ3v) is 3.85. The predicted molar refractivity (Wildman–Crippen MR) is 93.0 cm³/mol. The zero-order chi connectivity index (χ0) is 17.2. The Kier molecular flexibility index (Phi) is 3.77. The third kappa shape index (κ3) is 3.01. The maximum absolute atomic E-state index is 5.17. The van der Waals surface area contributed by atoms with Crippen LogP contribution in [0.25, 0.3) is 11.3 Å². The molecule has 4 rings (SSSR count). The Hall–Kier alpha value is -3.42. The van der Waals surface area contributed by atoms with Crippen molar-refractivity contribution in [2.75, 3.05) is 12.4 Å². The molecule has 0 aliphatic rings. The first-order valence-electron chi connectivity index (χ1n) is 7.85. The molecule has 0 radical (unpaired) electrons. The van der Waals surface area contributed by atoms with E-state index in [9.17, 15) is 0 Å². The average molecular weight is 335 g/mol. The first-order chi connectivity index (χ1) is 12.2. The van der Waals surface area contributed by atoms with Gasteiger partial charge in [0.2, 0.25) is 0 Å². The monoisotopic (exact) mass is 335 g/mol. The van der Waals surface area contributed by atoms with Crippen LogP contribution in [0.4, 0.5) is 5.82 Å². The lowest BCUT2D eigenvalue weighted by Crippen LogP contribution is -2.06. The maximum atomic E-state index is 5.17. The lowest BCUT2D eigenvalue weighted by atomic mass is 10.3. The molecule has 1 aromatic carbocycles. The van der Waals surface area contributed by atoms with E-state index >= 15 is 0 Å². The Morgan fingerprint density at radius 3 is 2.64 bits per heavy atom. The first-order valence-corrected chi connectivity index (χ1v) is 7.85. The number of hydrogen-bond donors (Lipinski definition) is 1. The second kappa shape index (κ2) is 6.23. The Balaban J connectivity index is 1.47. The molecule has 0 aliphatic heterocycles. The smallest absolute Gasteiger partial charge is 0.178 e. The molecule has 0 saturated carbocycles. The summed E-state index contributed by atoms with van der Waals surface area (Å²) in [6, 6.07) is 13.5. The van der Waals surface area contributed by atoms with Gasteiger partial charge in [-0.2, -0.15) is 9.61 Å². The summed E-state index contributed by atoms with van der Waals surface area (Å²) in [6.45, 7) is 2.44. The highest BCUT2D eigenvalue weighted by atomic mass is 16.5. The number of hydrogen-bond acceptors (Lipinski definition) is 6. The van der Waals surface area contributed by atoms with Gasteiger partial charge in [-0.1, -0.05) is 0 Å². The summed E-state index contributed by atoms with van der Waals surface area (Å²) in [6.07, 6.45) is 1.93. The van der Waals surface area contributed by atoms with Crippen molar-refractivity contribution in [3.05, 3.63) is 60.2 Å². The normalized spacial score (nSPS) is 11.0. The number of fused-ring (bicyclic) bond motifs is 1. The standard InChI is InChI=1S/C17H17N7O/c1-12-19-20-17-8-7-16(22-24(12)17)18-11-13-9-10-23(21-13)14-3-5-15(25-2)6-4-14/h3-10H,11H2,1-2H3,(H,18,22). The van der Waals surface area contributed by atoms with Gasteiger partial charge in [-0.3, -0.25) is 0 Å². The highest BCUT2D eigenvalue weighted by Gasteiger charge is 2.05. The van der Waals surface area contributed by atoms with Crippen molar-refractivity contribution in [2.45, 2.75) is 13.5 Å². The van der Waals surface area contributed by atoms with Crippen molar-refractivity contribution in [3.8, 4) is 11.4 Å². The molecule has 3 heterocycles. The van der Waals surface area contributed by atoms with E-state index in [1.807, 2.05) is 60.3 Å². The van der Waals surface area contributed by atoms with Gasteiger partial charge in [-0.05, 0) is 49.4 Å². The van der Waals surface area contributed by atoms with Crippen LogP contribution in [-0.2, 0) is 6.54 Å². The topological polar surface area (TPSA) is 82.2 Å². The van der Waals surface area contributed by atoms with Crippen LogP contribution < -0.4 is 10.1 Å². The lowest BCUT2D eigenvalue weighted by Gasteiger charge is -2.05. The first kappa shape index (κ1) is 15.1. The zero-order valence-electron chi connectivity index (χ0n) is 13.9. The highest BCUT2D eigenvalue weighted by molar-refractivity contribution is 5.44. The van der Waals surface area contributed by atoms with Gasteiger partial charge >= 0.3 is 0 Å². The van der Waals surface area contributed by atoms with E-state index in [4.69, 9.17) is 4.74 Å². The van der Waals surface area contributed by atoms with Crippen LogP contribution >= 0.6 is 0 Å². The highest BCUT2D eigenvalue weighted by Crippen LogP contribution is 2.15. The van der Waals surface area contributed by atoms with Gasteiger partial charge in [-0.25, -0.2) is 4.68 Å². The number of anilines is 1. The van der Waals surface area contributed by atoms with E-state index in [0.717, 1.165) is 34.4 Å². The van der Waals surface area contributed by atoms with E-state index in [1.54, 1.807) is 11.6 Å². The maximum Gasteiger partial charge on any atom is 0.178 e. The van der Waals surface area contributed by atoms with Crippen LogP contribution in [0.15, 0.2) is 48.7 Å². The van der Waals surface area contributed by atoms with Crippen LogP contribution in [0.3, 0.4) is 0 Å². The summed E-state index contributed by atoms with van der Waals surface area (Å²) in [5, 5.41) is 20.3. The Bertz CT molecular complexity index is 1000. The molecule has 1 N–H and O–H groups in total. The minimum Gasteiger partial charge on any atom is -0.497 e. The van der Waals surface area contributed by atoms with Crippen molar-refractivity contribution >= 4 is 11.5 Å². The van der Waals surface area contributed by atoms with Gasteiger partial charge in [0.15, 0.2) is 11.5 Å². The molecule has 0 fully saturated rings. The van der Waals surface area contributed by atoms with Gasteiger partial charge in [0.1, 0.15) is 11.6 Å². The summed E-state index contributed by atoms with van der Waals surface area (Å²) in [5.41, 5.74) is 2.62. The van der Waals surface area contributed by atoms with Crippen LogP contribution in [0.5, 0.6) is 5.75 Å². The molecule has 0 atom stereocenters. The van der Waals surface area contributed by atoms with Crippen LogP contribution in [0.1, 0.15) is 11.5 Å². The Labute approximate surface area is 144 Å². The summed E-state index contributed by atoms with van der Waals surface area (Å²) in [7, 11) is 1.65. The molecule has 0 saturated heterocycles. The van der Waals surface area contributed by atoms with E-state index in [-0.39, 0.29) is 0 Å². The fourth-order valence-electron chi connectivity index (χ4n) is 2.51. The molecule has 3 aromatic heterocycles. The quantitative estimate of drug-likeness (QED) is 0.602. The minimum absolute atomic E-state index is 0.572. The van der Waals surface area contributed by atoms with Crippen molar-refractivity contribution < 1.29 is 4.74 Å². The van der Waals surface area contributed by atoms with E-state index in [2.05, 4.69) is 25.7 Å². The van der Waals surface area contributed by atoms with Crippen molar-refractivity contribution in [2.24, 2.45) is 0 Å². The van der Waals surface area contributed by atoms with E-state index < -0.39 is 0 Å². The van der Waals surface area contributed by atoms with E-state index in [1.165, 1.54) is 0 Å². The number of benzene rings is 1. The fourth-order valence-corrected chi connectivity index (χ4v) is 2.51. The molecule has 0 aliphatic carbocycles. The number of aryl methyl sites for hydroxylation is 1. The van der Waals surface area contributed by atoms with Crippen LogP contribution in [-0.4, -0.2) is 36.7 Å². The molecule has 4 aromatic rings. The second-order valence-corrected chi connectivity index (χ2v) is 5.54. The number of methoxy groups -OCH3 is 1. The number of nitrogens with one attached hydrogen (secondary N) is 1. The molecule has 8 heteroatoms. The molecule has 0 bridgehead atoms. The number of nitrogens with zero attached hydrogens (tertiary/aromatic N) is 6. The zero-order valence-corrected chi connectivity index (χ0v) is 13.9. The number of rotatable bonds is 5. The summed E-state index contributed by atoms with van der Waals surface area (Å²) in [4.78, 5) is 0. The number of aromatic nitrogens is 6. The number of ether oxygens (including phenoxy) is 1. The molecule has 8 nitrogen and oxygen atoms in total. The largest absolute Gasteiger partial charge is 0.497 e. The van der Waals surface area contributed by atoms with Crippen molar-refractivity contribution in [1.29, 1.82) is 0 Å². The third-order valence-electron chi connectivity index (χ3n) is 3.85. The summed E-state index contributed by atoms with van der Waals surface area (Å²) >= 11 is 0. The summed E-state index contributed by atoms with van der Waals surface area (Å²) < 4.78 is 8.71. The molecule has 126 valence electrons. The average Bonchev–Trinajstić information content (AvgIpc) is 3.27. The lowest BCUT2D eigenvalue weighted by molar-refractivity contribution is 0.414. The molecule has 0 spiro atoms. The van der Waals surface area contributed by atoms with Gasteiger partial charge in [0.05, 0.1) is 25.0 Å². The minimum atomic E-state index is 0.572. The summed E-state index contributed by atoms with van der Waals surface area (Å²) in [5.74, 6) is 2.32. The Morgan fingerprint density at radius 1 is 1.00 bits per heavy atom. The Morgan fingerprint density at radius 2 is 1.84 bits per heavy atom. The fraction of sp³-hybridized carbons (Fsp3) is 0.176. The van der Waals surface area contributed by atoms with Gasteiger partial charge in [0.25, 0.3) is 0 Å².